The monoisotopic (exact) mass is 269 g/mol. The molecule has 4 nitrogen and oxygen atoms in total. The molecule has 0 radical (unpaired) electrons. The van der Waals surface area contributed by atoms with E-state index >= 15 is 0 Å². The minimum atomic E-state index is 0.725. The zero-order valence-electron chi connectivity index (χ0n) is 11.7. The predicted octanol–water partition coefficient (Wildman–Crippen LogP) is 2.58. The third kappa shape index (κ3) is 2.51. The second-order valence-electron chi connectivity index (χ2n) is 4.92. The molecule has 1 aromatic heterocycles. The fourth-order valence-corrected chi connectivity index (χ4v) is 2.50. The number of benzene rings is 1. The molecule has 0 amide bonds. The summed E-state index contributed by atoms with van der Waals surface area (Å²) in [7, 11) is 0. The molecule has 2 aromatic rings. The average molecular weight is 269 g/mol. The summed E-state index contributed by atoms with van der Waals surface area (Å²) in [5.74, 6) is 0.904. The van der Waals surface area contributed by atoms with Crippen LogP contribution in [0, 0.1) is 0 Å². The second kappa shape index (κ2) is 6.01. The van der Waals surface area contributed by atoms with E-state index in [1.165, 1.54) is 5.56 Å². The number of hydrogen-bond donors (Lipinski definition) is 1. The summed E-state index contributed by atoms with van der Waals surface area (Å²) in [5, 5.41) is 3.39. The first-order chi connectivity index (χ1) is 9.90. The molecule has 104 valence electrons. The van der Waals surface area contributed by atoms with Gasteiger partial charge in [-0.05, 0) is 18.6 Å². The van der Waals surface area contributed by atoms with E-state index in [0.29, 0.717) is 0 Å². The maximum atomic E-state index is 5.85. The van der Waals surface area contributed by atoms with E-state index in [-0.39, 0.29) is 0 Å². The number of fused-ring (bicyclic) bond motifs is 1. The van der Waals surface area contributed by atoms with Crippen molar-refractivity contribution < 1.29 is 4.74 Å². The van der Waals surface area contributed by atoms with Gasteiger partial charge in [-0.3, -0.25) is 0 Å². The van der Waals surface area contributed by atoms with Gasteiger partial charge in [0.05, 0.1) is 18.0 Å². The van der Waals surface area contributed by atoms with E-state index in [4.69, 9.17) is 4.74 Å². The average Bonchev–Trinajstić information content (AvgIpc) is 2.53. The molecule has 0 saturated heterocycles. The molecule has 0 aliphatic carbocycles. The Morgan fingerprint density at radius 1 is 1.25 bits per heavy atom. The van der Waals surface area contributed by atoms with Gasteiger partial charge >= 0.3 is 0 Å². The number of hydrogen-bond acceptors (Lipinski definition) is 4. The maximum Gasteiger partial charge on any atom is 0.128 e. The summed E-state index contributed by atoms with van der Waals surface area (Å²) in [4.78, 5) is 8.91. The van der Waals surface area contributed by atoms with E-state index in [0.717, 1.165) is 55.2 Å². The minimum Gasteiger partial charge on any atom is -0.493 e. The molecule has 1 aliphatic rings. The van der Waals surface area contributed by atoms with Gasteiger partial charge in [0.1, 0.15) is 12.1 Å². The van der Waals surface area contributed by atoms with Gasteiger partial charge in [-0.15, -0.1) is 0 Å². The summed E-state index contributed by atoms with van der Waals surface area (Å²) in [6.07, 6.45) is 3.62. The van der Waals surface area contributed by atoms with E-state index < -0.39 is 0 Å². The van der Waals surface area contributed by atoms with Crippen LogP contribution in [0.1, 0.15) is 24.6 Å². The van der Waals surface area contributed by atoms with Crippen molar-refractivity contribution in [2.24, 2.45) is 0 Å². The van der Waals surface area contributed by atoms with Crippen LogP contribution in [0.4, 0.5) is 0 Å². The standard InChI is InChI=1S/C16H19N3O/c1-2-9-20-15-6-4-3-5-12(15)16-13-10-17-8-7-14(13)18-11-19-16/h3-6,11,17H,2,7-10H2,1H3. The first-order valence-electron chi connectivity index (χ1n) is 7.16. The normalized spacial score (nSPS) is 13.8. The molecule has 3 rings (SSSR count). The van der Waals surface area contributed by atoms with E-state index in [1.54, 1.807) is 6.33 Å². The molecule has 1 N–H and O–H groups in total. The number of para-hydroxylation sites is 1. The third-order valence-electron chi connectivity index (χ3n) is 3.48. The Morgan fingerprint density at radius 3 is 3.05 bits per heavy atom. The first kappa shape index (κ1) is 13.1. The summed E-state index contributed by atoms with van der Waals surface area (Å²) < 4.78 is 5.85. The van der Waals surface area contributed by atoms with Crippen molar-refractivity contribution in [3.63, 3.8) is 0 Å². The Balaban J connectivity index is 2.05. The molecule has 0 bridgehead atoms. The highest BCUT2D eigenvalue weighted by Gasteiger charge is 2.18. The number of ether oxygens (including phenoxy) is 1. The predicted molar refractivity (Wildman–Crippen MR) is 78.7 cm³/mol. The fourth-order valence-electron chi connectivity index (χ4n) is 2.50. The summed E-state index contributed by atoms with van der Waals surface area (Å²) in [5.41, 5.74) is 4.41. The van der Waals surface area contributed by atoms with E-state index in [9.17, 15) is 0 Å². The zero-order valence-corrected chi connectivity index (χ0v) is 11.7. The fraction of sp³-hybridized carbons (Fsp3) is 0.375. The van der Waals surface area contributed by atoms with Crippen molar-refractivity contribution in [2.45, 2.75) is 26.3 Å². The summed E-state index contributed by atoms with van der Waals surface area (Å²) in [6.45, 7) is 4.65. The molecule has 20 heavy (non-hydrogen) atoms. The molecule has 4 heteroatoms. The second-order valence-corrected chi connectivity index (χ2v) is 4.92. The molecular weight excluding hydrogens is 250 g/mol. The van der Waals surface area contributed by atoms with Gasteiger partial charge in [0.2, 0.25) is 0 Å². The van der Waals surface area contributed by atoms with Crippen LogP contribution in [0.3, 0.4) is 0 Å². The number of nitrogens with zero attached hydrogens (tertiary/aromatic N) is 2. The molecule has 0 spiro atoms. The molecule has 0 unspecified atom stereocenters. The summed E-state index contributed by atoms with van der Waals surface area (Å²) in [6, 6.07) is 8.11. The van der Waals surface area contributed by atoms with Gasteiger partial charge in [-0.1, -0.05) is 19.1 Å². The molecular formula is C16H19N3O. The lowest BCUT2D eigenvalue weighted by Gasteiger charge is -2.19. The van der Waals surface area contributed by atoms with Crippen LogP contribution in [0.2, 0.25) is 0 Å². The number of nitrogens with one attached hydrogen (secondary N) is 1. The molecule has 0 fully saturated rings. The van der Waals surface area contributed by atoms with Crippen molar-refractivity contribution in [3.05, 3.63) is 41.9 Å². The van der Waals surface area contributed by atoms with Crippen molar-refractivity contribution >= 4 is 0 Å². The zero-order chi connectivity index (χ0) is 13.8. The van der Waals surface area contributed by atoms with Crippen molar-refractivity contribution in [3.8, 4) is 17.0 Å². The largest absolute Gasteiger partial charge is 0.493 e. The summed E-state index contributed by atoms with van der Waals surface area (Å²) >= 11 is 0. The number of rotatable bonds is 4. The van der Waals surface area contributed by atoms with Gasteiger partial charge < -0.3 is 10.1 Å². The molecule has 0 atom stereocenters. The van der Waals surface area contributed by atoms with Crippen LogP contribution >= 0.6 is 0 Å². The van der Waals surface area contributed by atoms with Crippen LogP contribution in [0.5, 0.6) is 5.75 Å². The van der Waals surface area contributed by atoms with Gasteiger partial charge in [0.25, 0.3) is 0 Å². The Morgan fingerprint density at radius 2 is 2.15 bits per heavy atom. The van der Waals surface area contributed by atoms with E-state index in [1.807, 2.05) is 18.2 Å². The van der Waals surface area contributed by atoms with Gasteiger partial charge in [-0.2, -0.15) is 0 Å². The quantitative estimate of drug-likeness (QED) is 0.926. The minimum absolute atomic E-state index is 0.725. The van der Waals surface area contributed by atoms with Crippen LogP contribution in [-0.2, 0) is 13.0 Å². The van der Waals surface area contributed by atoms with Crippen LogP contribution in [0.25, 0.3) is 11.3 Å². The topological polar surface area (TPSA) is 47.0 Å². The third-order valence-corrected chi connectivity index (χ3v) is 3.48. The van der Waals surface area contributed by atoms with Gasteiger partial charge in [-0.25, -0.2) is 9.97 Å². The van der Waals surface area contributed by atoms with Crippen LogP contribution < -0.4 is 10.1 Å². The van der Waals surface area contributed by atoms with Gasteiger partial charge in [0.15, 0.2) is 0 Å². The molecule has 0 saturated carbocycles. The van der Waals surface area contributed by atoms with Crippen LogP contribution in [0.15, 0.2) is 30.6 Å². The lowest BCUT2D eigenvalue weighted by Crippen LogP contribution is -2.25. The first-order valence-corrected chi connectivity index (χ1v) is 7.16. The highest BCUT2D eigenvalue weighted by atomic mass is 16.5. The SMILES string of the molecule is CCCOc1ccccc1-c1ncnc2c1CNCC2. The highest BCUT2D eigenvalue weighted by Crippen LogP contribution is 2.32. The lowest BCUT2D eigenvalue weighted by atomic mass is 10.00. The van der Waals surface area contributed by atoms with Crippen LogP contribution in [-0.4, -0.2) is 23.1 Å². The highest BCUT2D eigenvalue weighted by molar-refractivity contribution is 5.70. The Labute approximate surface area is 119 Å². The van der Waals surface area contributed by atoms with E-state index in [2.05, 4.69) is 28.3 Å². The van der Waals surface area contributed by atoms with Crippen molar-refractivity contribution in [2.75, 3.05) is 13.2 Å². The molecule has 1 aliphatic heterocycles. The number of aromatic nitrogens is 2. The Hall–Kier alpha value is -1.94. The lowest BCUT2D eigenvalue weighted by molar-refractivity contribution is 0.318. The maximum absolute atomic E-state index is 5.85. The van der Waals surface area contributed by atoms with Crippen molar-refractivity contribution in [1.29, 1.82) is 0 Å². The Kier molecular flexibility index (Phi) is 3.92. The smallest absolute Gasteiger partial charge is 0.128 e. The van der Waals surface area contributed by atoms with Gasteiger partial charge in [0, 0.05) is 30.6 Å². The Bertz CT molecular complexity index is 598. The molecule has 2 heterocycles. The molecule has 1 aromatic carbocycles. The van der Waals surface area contributed by atoms with Crippen molar-refractivity contribution in [1.82, 2.24) is 15.3 Å².